The zero-order valence-corrected chi connectivity index (χ0v) is 19.9. The first-order valence-corrected chi connectivity index (χ1v) is 10.9. The molecule has 2 heterocycles. The van der Waals surface area contributed by atoms with Gasteiger partial charge in [-0.3, -0.25) is 0 Å². The molecule has 2 aromatic carbocycles. The molecule has 0 aliphatic carbocycles. The summed E-state index contributed by atoms with van der Waals surface area (Å²) in [6.07, 6.45) is 0. The van der Waals surface area contributed by atoms with Gasteiger partial charge in [0.1, 0.15) is 5.75 Å². The number of hydrogen-bond donors (Lipinski definition) is 3. The van der Waals surface area contributed by atoms with Crippen molar-refractivity contribution >= 4 is 55.7 Å². The van der Waals surface area contributed by atoms with Crippen LogP contribution in [0.5, 0.6) is 5.75 Å². The maximum Gasteiger partial charge on any atom is 0.335 e. The maximum absolute atomic E-state index is 11.1. The average Bonchev–Trinajstić information content (AvgIpc) is 3.33. The van der Waals surface area contributed by atoms with Crippen molar-refractivity contribution in [3.05, 3.63) is 42.0 Å². The van der Waals surface area contributed by atoms with Gasteiger partial charge in [0.25, 0.3) is 0 Å². The Morgan fingerprint density at radius 2 is 1.91 bits per heavy atom. The lowest BCUT2D eigenvalue weighted by molar-refractivity contribution is 0.0697. The number of ether oxygens (including phenoxy) is 1. The number of aryl methyl sites for hydroxylation is 1. The van der Waals surface area contributed by atoms with Gasteiger partial charge in [0.2, 0.25) is 5.95 Å². The molecule has 0 saturated heterocycles. The van der Waals surface area contributed by atoms with Crippen LogP contribution in [0.1, 0.15) is 17.3 Å². The standard InChI is InChI=1S/C18H16N4O3S.C4H10N2O/c1-3-25-11-5-6-12-15(9-11)26-18(20-12)21-17-19-13-8-10(16(23)24)4-7-14(13)22(17)2;1-5-4(7)6(2)3/h4-9H,3H2,1-2H3,(H,23,24)(H,19,20,21);1-3H3,(H,5,7). The molecule has 11 heteroatoms. The van der Waals surface area contributed by atoms with E-state index in [0.717, 1.165) is 21.5 Å². The van der Waals surface area contributed by atoms with E-state index in [1.165, 1.54) is 16.2 Å². The van der Waals surface area contributed by atoms with E-state index in [1.54, 1.807) is 39.3 Å². The van der Waals surface area contributed by atoms with Crippen molar-refractivity contribution < 1.29 is 19.4 Å². The Hall–Kier alpha value is -3.86. The van der Waals surface area contributed by atoms with Crippen molar-refractivity contribution in [2.75, 3.05) is 33.1 Å². The molecule has 4 rings (SSSR count). The number of nitrogens with zero attached hydrogens (tertiary/aromatic N) is 4. The summed E-state index contributed by atoms with van der Waals surface area (Å²) in [5.74, 6) is 0.453. The highest BCUT2D eigenvalue weighted by Gasteiger charge is 2.13. The van der Waals surface area contributed by atoms with E-state index in [1.807, 2.05) is 36.7 Å². The Morgan fingerprint density at radius 3 is 2.52 bits per heavy atom. The van der Waals surface area contributed by atoms with Crippen LogP contribution in [0.25, 0.3) is 21.3 Å². The van der Waals surface area contributed by atoms with Crippen LogP contribution in [0.2, 0.25) is 0 Å². The molecule has 0 saturated carbocycles. The summed E-state index contributed by atoms with van der Waals surface area (Å²) in [5.41, 5.74) is 2.56. The van der Waals surface area contributed by atoms with E-state index in [9.17, 15) is 9.59 Å². The molecule has 4 aromatic rings. The normalized spacial score (nSPS) is 10.5. The molecular formula is C22H26N6O4S. The zero-order chi connectivity index (χ0) is 24.1. The highest BCUT2D eigenvalue weighted by atomic mass is 32.1. The van der Waals surface area contributed by atoms with Crippen LogP contribution in [0.4, 0.5) is 15.9 Å². The van der Waals surface area contributed by atoms with Gasteiger partial charge in [0.05, 0.1) is 33.4 Å². The van der Waals surface area contributed by atoms with Gasteiger partial charge >= 0.3 is 12.0 Å². The SMILES string of the molecule is CCOc1ccc2nc(Nc3nc4cc(C(=O)O)ccc4n3C)sc2c1.CNC(=O)N(C)C. The van der Waals surface area contributed by atoms with Gasteiger partial charge in [-0.15, -0.1) is 0 Å². The number of thiazole rings is 1. The van der Waals surface area contributed by atoms with E-state index in [4.69, 9.17) is 9.84 Å². The lowest BCUT2D eigenvalue weighted by Gasteiger charge is -2.06. The topological polar surface area (TPSA) is 122 Å². The summed E-state index contributed by atoms with van der Waals surface area (Å²) < 4.78 is 8.42. The third kappa shape index (κ3) is 5.50. The summed E-state index contributed by atoms with van der Waals surface area (Å²) >= 11 is 1.51. The summed E-state index contributed by atoms with van der Waals surface area (Å²) in [4.78, 5) is 32.0. The summed E-state index contributed by atoms with van der Waals surface area (Å²) in [5, 5.41) is 15.5. The van der Waals surface area contributed by atoms with Gasteiger partial charge < -0.3 is 29.9 Å². The number of carbonyl (C=O) groups excluding carboxylic acids is 1. The minimum Gasteiger partial charge on any atom is -0.494 e. The second-order valence-corrected chi connectivity index (χ2v) is 8.19. The number of carboxylic acid groups (broad SMARTS) is 1. The molecule has 2 amide bonds. The monoisotopic (exact) mass is 470 g/mol. The zero-order valence-electron chi connectivity index (χ0n) is 19.0. The van der Waals surface area contributed by atoms with Gasteiger partial charge in [0.15, 0.2) is 5.13 Å². The van der Waals surface area contributed by atoms with Crippen LogP contribution >= 0.6 is 11.3 Å². The third-order valence-corrected chi connectivity index (χ3v) is 5.57. The molecule has 0 bridgehead atoms. The molecule has 0 atom stereocenters. The average molecular weight is 471 g/mol. The summed E-state index contributed by atoms with van der Waals surface area (Å²) in [6, 6.07) is 10.6. The first-order chi connectivity index (χ1) is 15.7. The minimum absolute atomic E-state index is 0.0694. The molecular weight excluding hydrogens is 444 g/mol. The maximum atomic E-state index is 11.1. The van der Waals surface area contributed by atoms with Crippen LogP contribution in [-0.2, 0) is 7.05 Å². The fraction of sp³-hybridized carbons (Fsp3) is 0.273. The summed E-state index contributed by atoms with van der Waals surface area (Å²) in [7, 11) is 6.86. The van der Waals surface area contributed by atoms with E-state index < -0.39 is 5.97 Å². The third-order valence-electron chi connectivity index (χ3n) is 4.64. The Morgan fingerprint density at radius 1 is 1.15 bits per heavy atom. The Bertz CT molecular complexity index is 1300. The van der Waals surface area contributed by atoms with Crippen LogP contribution in [0.3, 0.4) is 0 Å². The van der Waals surface area contributed by atoms with Crippen molar-refractivity contribution in [1.29, 1.82) is 0 Å². The molecule has 0 aliphatic heterocycles. The van der Waals surface area contributed by atoms with Gasteiger partial charge in [0, 0.05) is 28.2 Å². The second-order valence-electron chi connectivity index (χ2n) is 7.16. The number of rotatable bonds is 5. The molecule has 0 spiro atoms. The number of imidazole rings is 1. The molecule has 33 heavy (non-hydrogen) atoms. The highest BCUT2D eigenvalue weighted by molar-refractivity contribution is 7.22. The number of aromatic nitrogens is 3. The molecule has 0 unspecified atom stereocenters. The van der Waals surface area contributed by atoms with Gasteiger partial charge in [-0.25, -0.2) is 19.6 Å². The first kappa shape index (κ1) is 23.8. The Balaban J connectivity index is 0.000000383. The Kier molecular flexibility index (Phi) is 7.34. The minimum atomic E-state index is -0.969. The Labute approximate surface area is 194 Å². The largest absolute Gasteiger partial charge is 0.494 e. The second kappa shape index (κ2) is 10.2. The number of carbonyl (C=O) groups is 2. The molecule has 0 aliphatic rings. The molecule has 0 fully saturated rings. The molecule has 0 radical (unpaired) electrons. The van der Waals surface area contributed by atoms with Crippen LogP contribution in [0.15, 0.2) is 36.4 Å². The molecule has 10 nitrogen and oxygen atoms in total. The number of hydrogen-bond acceptors (Lipinski definition) is 7. The van der Waals surface area contributed by atoms with Gasteiger partial charge in [-0.2, -0.15) is 0 Å². The predicted molar refractivity (Wildman–Crippen MR) is 130 cm³/mol. The predicted octanol–water partition coefficient (Wildman–Crippen LogP) is 3.91. The first-order valence-electron chi connectivity index (χ1n) is 10.1. The molecule has 2 aromatic heterocycles. The number of carboxylic acids is 1. The van der Waals surface area contributed by atoms with Gasteiger partial charge in [-0.05, 0) is 43.3 Å². The van der Waals surface area contributed by atoms with E-state index >= 15 is 0 Å². The van der Waals surface area contributed by atoms with Crippen molar-refractivity contribution in [1.82, 2.24) is 24.8 Å². The lowest BCUT2D eigenvalue weighted by Crippen LogP contribution is -2.31. The van der Waals surface area contributed by atoms with Crippen molar-refractivity contribution in [3.8, 4) is 5.75 Å². The van der Waals surface area contributed by atoms with Crippen LogP contribution < -0.4 is 15.4 Å². The highest BCUT2D eigenvalue weighted by Crippen LogP contribution is 2.31. The van der Waals surface area contributed by atoms with Crippen molar-refractivity contribution in [2.45, 2.75) is 6.92 Å². The number of amides is 2. The van der Waals surface area contributed by atoms with Crippen molar-refractivity contribution in [3.63, 3.8) is 0 Å². The number of fused-ring (bicyclic) bond motifs is 2. The van der Waals surface area contributed by atoms with Crippen LogP contribution in [0, 0.1) is 0 Å². The number of anilines is 2. The van der Waals surface area contributed by atoms with Crippen molar-refractivity contribution in [2.24, 2.45) is 7.05 Å². The number of benzene rings is 2. The lowest BCUT2D eigenvalue weighted by atomic mass is 10.2. The number of nitrogens with one attached hydrogen (secondary N) is 2. The fourth-order valence-corrected chi connectivity index (χ4v) is 3.87. The molecule has 174 valence electrons. The molecule has 3 N–H and O–H groups in total. The van der Waals surface area contributed by atoms with Crippen LogP contribution in [-0.4, -0.2) is 64.3 Å². The quantitative estimate of drug-likeness (QED) is 0.404. The van der Waals surface area contributed by atoms with E-state index in [0.29, 0.717) is 23.2 Å². The fourth-order valence-electron chi connectivity index (χ4n) is 2.98. The van der Waals surface area contributed by atoms with E-state index in [2.05, 4.69) is 20.6 Å². The van der Waals surface area contributed by atoms with Gasteiger partial charge in [-0.1, -0.05) is 11.3 Å². The number of urea groups is 1. The summed E-state index contributed by atoms with van der Waals surface area (Å²) in [6.45, 7) is 2.57. The smallest absolute Gasteiger partial charge is 0.335 e. The van der Waals surface area contributed by atoms with E-state index in [-0.39, 0.29) is 11.6 Å². The number of aromatic carboxylic acids is 1.